The largest absolute Gasteiger partial charge is 0.416 e. The molecule has 204 valence electrons. The van der Waals surface area contributed by atoms with Gasteiger partial charge in [0.25, 0.3) is 5.91 Å². The van der Waals surface area contributed by atoms with E-state index in [-0.39, 0.29) is 17.4 Å². The van der Waals surface area contributed by atoms with Crippen molar-refractivity contribution in [2.45, 2.75) is 43.0 Å². The van der Waals surface area contributed by atoms with Gasteiger partial charge in [0.2, 0.25) is 5.91 Å². The average Bonchev–Trinajstić information content (AvgIpc) is 3.36. The fourth-order valence-corrected chi connectivity index (χ4v) is 5.84. The molecule has 0 radical (unpaired) electrons. The Bertz CT molecular complexity index is 1160. The van der Waals surface area contributed by atoms with E-state index < -0.39 is 29.6 Å². The summed E-state index contributed by atoms with van der Waals surface area (Å²) in [6.07, 6.45) is -2.42. The van der Waals surface area contributed by atoms with E-state index in [4.69, 9.17) is 21.4 Å². The Morgan fingerprint density at radius 2 is 1.79 bits per heavy atom. The number of nitrogens with zero attached hydrogens (tertiary/aromatic N) is 1. The van der Waals surface area contributed by atoms with Crippen LogP contribution >= 0.6 is 11.6 Å². The molecule has 3 fully saturated rings. The molecular formula is C27H29ClF3N3O4. The Kier molecular flexibility index (Phi) is 7.68. The van der Waals surface area contributed by atoms with Crippen LogP contribution in [0.1, 0.15) is 46.7 Å². The highest BCUT2D eigenvalue weighted by Crippen LogP contribution is 2.38. The van der Waals surface area contributed by atoms with Crippen molar-refractivity contribution >= 4 is 23.4 Å². The first kappa shape index (κ1) is 26.9. The number of piperidine rings is 2. The van der Waals surface area contributed by atoms with Crippen LogP contribution in [-0.4, -0.2) is 61.1 Å². The van der Waals surface area contributed by atoms with Crippen molar-refractivity contribution in [2.75, 3.05) is 32.8 Å². The van der Waals surface area contributed by atoms with Crippen molar-refractivity contribution in [2.24, 2.45) is 5.92 Å². The molecule has 3 heterocycles. The first-order valence-electron chi connectivity index (χ1n) is 12.7. The number of carbonyl (C=O) groups excluding carboxylic acids is 2. The Morgan fingerprint density at radius 3 is 2.42 bits per heavy atom. The third-order valence-electron chi connectivity index (χ3n) is 7.81. The molecule has 38 heavy (non-hydrogen) atoms. The first-order chi connectivity index (χ1) is 18.2. The van der Waals surface area contributed by atoms with Crippen LogP contribution in [0.15, 0.2) is 48.5 Å². The van der Waals surface area contributed by atoms with Gasteiger partial charge in [-0.3, -0.25) is 9.59 Å². The molecule has 3 unspecified atom stereocenters. The van der Waals surface area contributed by atoms with Crippen LogP contribution in [0.5, 0.6) is 0 Å². The molecule has 11 heteroatoms. The number of amides is 2. The Labute approximate surface area is 223 Å². The molecule has 7 nitrogen and oxygen atoms in total. The number of likely N-dealkylation sites (tertiary alicyclic amines) is 1. The predicted molar refractivity (Wildman–Crippen MR) is 133 cm³/mol. The second-order valence-corrected chi connectivity index (χ2v) is 10.6. The topological polar surface area (TPSA) is 79.9 Å². The van der Waals surface area contributed by atoms with Crippen LogP contribution < -0.4 is 10.6 Å². The number of benzene rings is 2. The number of carbonyl (C=O) groups is 2. The summed E-state index contributed by atoms with van der Waals surface area (Å²) in [5, 5.41) is 6.65. The summed E-state index contributed by atoms with van der Waals surface area (Å²) >= 11 is 6.06. The maximum atomic E-state index is 14.0. The van der Waals surface area contributed by atoms with E-state index in [0.29, 0.717) is 61.8 Å². The van der Waals surface area contributed by atoms with Crippen LogP contribution in [0.25, 0.3) is 0 Å². The standard InChI is InChI=1S/C27H29ClF3N3O4/c28-20-3-1-2-18(14-20)24(35)33-22-16-32-15-21(17-4-6-19(7-5-17)27(29,30)31)23(22)25(36)34-11-8-26(9-12-34)10-13-37-38-26/h1-7,14,21-23,32H,8-13,15-16H2,(H,33,35). The van der Waals surface area contributed by atoms with E-state index in [2.05, 4.69) is 10.6 Å². The summed E-state index contributed by atoms with van der Waals surface area (Å²) in [7, 11) is 0. The molecule has 0 aromatic heterocycles. The van der Waals surface area contributed by atoms with Crippen LogP contribution in [0.2, 0.25) is 5.02 Å². The lowest BCUT2D eigenvalue weighted by atomic mass is 9.76. The molecule has 0 aliphatic carbocycles. The van der Waals surface area contributed by atoms with Gasteiger partial charge in [-0.1, -0.05) is 29.8 Å². The zero-order chi connectivity index (χ0) is 26.9. The van der Waals surface area contributed by atoms with Crippen LogP contribution in [0.4, 0.5) is 13.2 Å². The maximum Gasteiger partial charge on any atom is 0.416 e. The molecule has 3 atom stereocenters. The van der Waals surface area contributed by atoms with Crippen molar-refractivity contribution in [3.63, 3.8) is 0 Å². The molecule has 0 saturated carbocycles. The average molecular weight is 552 g/mol. The molecule has 3 aliphatic rings. The minimum absolute atomic E-state index is 0.137. The van der Waals surface area contributed by atoms with Gasteiger partial charge in [-0.2, -0.15) is 13.2 Å². The van der Waals surface area contributed by atoms with E-state index in [1.165, 1.54) is 12.1 Å². The van der Waals surface area contributed by atoms with Crippen molar-refractivity contribution in [1.29, 1.82) is 0 Å². The predicted octanol–water partition coefficient (Wildman–Crippen LogP) is 4.17. The van der Waals surface area contributed by atoms with Crippen molar-refractivity contribution < 1.29 is 32.5 Å². The highest BCUT2D eigenvalue weighted by atomic mass is 35.5. The summed E-state index contributed by atoms with van der Waals surface area (Å²) in [6.45, 7) is 2.20. The second kappa shape index (κ2) is 10.8. The third-order valence-corrected chi connectivity index (χ3v) is 8.05. The van der Waals surface area contributed by atoms with E-state index in [1.54, 1.807) is 29.2 Å². The van der Waals surface area contributed by atoms with E-state index in [1.807, 2.05) is 0 Å². The number of hydrogen-bond donors (Lipinski definition) is 2. The molecular weight excluding hydrogens is 523 g/mol. The Morgan fingerprint density at radius 1 is 1.05 bits per heavy atom. The number of halogens is 4. The third kappa shape index (κ3) is 5.68. The number of nitrogens with one attached hydrogen (secondary N) is 2. The van der Waals surface area contributed by atoms with Gasteiger partial charge in [0.15, 0.2) is 0 Å². The highest BCUT2D eigenvalue weighted by molar-refractivity contribution is 6.30. The SMILES string of the molecule is O=C(NC1CNCC(c2ccc(C(F)(F)F)cc2)C1C(=O)N1CCC2(CCOO2)CC1)c1cccc(Cl)c1. The summed E-state index contributed by atoms with van der Waals surface area (Å²) < 4.78 is 39.5. The summed E-state index contributed by atoms with van der Waals surface area (Å²) in [5.41, 5.74) is -0.165. The fraction of sp³-hybridized carbons (Fsp3) is 0.481. The quantitative estimate of drug-likeness (QED) is 0.558. The minimum atomic E-state index is -4.46. The molecule has 3 aliphatic heterocycles. The first-order valence-corrected chi connectivity index (χ1v) is 13.1. The summed E-state index contributed by atoms with van der Waals surface area (Å²) in [5.74, 6) is -1.63. The van der Waals surface area contributed by atoms with Gasteiger partial charge in [-0.05, 0) is 48.7 Å². The lowest BCUT2D eigenvalue weighted by Crippen LogP contribution is -2.60. The minimum Gasteiger partial charge on any atom is -0.347 e. The van der Waals surface area contributed by atoms with Crippen molar-refractivity contribution in [1.82, 2.24) is 15.5 Å². The van der Waals surface area contributed by atoms with Gasteiger partial charge in [0.05, 0.1) is 24.1 Å². The summed E-state index contributed by atoms with van der Waals surface area (Å²) in [4.78, 5) is 39.5. The lowest BCUT2D eigenvalue weighted by molar-refractivity contribution is -0.315. The Hall–Kier alpha value is -2.66. The normalized spacial score (nSPS) is 25.4. The highest BCUT2D eigenvalue weighted by Gasteiger charge is 2.46. The number of hydrogen-bond acceptors (Lipinski definition) is 5. The van der Waals surface area contributed by atoms with Crippen molar-refractivity contribution in [3.05, 3.63) is 70.2 Å². The summed E-state index contributed by atoms with van der Waals surface area (Å²) in [6, 6.07) is 10.8. The molecule has 3 saturated heterocycles. The number of alkyl halides is 3. The molecule has 5 rings (SSSR count). The second-order valence-electron chi connectivity index (χ2n) is 10.2. The molecule has 1 spiro atoms. The molecule has 2 amide bonds. The zero-order valence-corrected chi connectivity index (χ0v) is 21.4. The zero-order valence-electron chi connectivity index (χ0n) is 20.6. The lowest BCUT2D eigenvalue weighted by Gasteiger charge is -2.43. The van der Waals surface area contributed by atoms with Crippen LogP contribution in [0.3, 0.4) is 0 Å². The molecule has 2 aromatic carbocycles. The van der Waals surface area contributed by atoms with E-state index >= 15 is 0 Å². The molecule has 0 bridgehead atoms. The van der Waals surface area contributed by atoms with Crippen LogP contribution in [0, 0.1) is 5.92 Å². The van der Waals surface area contributed by atoms with E-state index in [0.717, 1.165) is 18.6 Å². The van der Waals surface area contributed by atoms with Crippen molar-refractivity contribution in [3.8, 4) is 0 Å². The van der Waals surface area contributed by atoms with Gasteiger partial charge in [-0.15, -0.1) is 0 Å². The van der Waals surface area contributed by atoms with Gasteiger partial charge < -0.3 is 15.5 Å². The van der Waals surface area contributed by atoms with Crippen LogP contribution in [-0.2, 0) is 20.7 Å². The fourth-order valence-electron chi connectivity index (χ4n) is 5.65. The van der Waals surface area contributed by atoms with Gasteiger partial charge in [0.1, 0.15) is 5.60 Å². The van der Waals surface area contributed by atoms with E-state index in [9.17, 15) is 22.8 Å². The van der Waals surface area contributed by atoms with Gasteiger partial charge in [-0.25, -0.2) is 9.78 Å². The maximum absolute atomic E-state index is 14.0. The molecule has 2 aromatic rings. The Balaban J connectivity index is 1.41. The van der Waals surface area contributed by atoms with Gasteiger partial charge in [0, 0.05) is 49.1 Å². The molecule has 2 N–H and O–H groups in total. The monoisotopic (exact) mass is 551 g/mol. The number of rotatable bonds is 4. The van der Waals surface area contributed by atoms with Gasteiger partial charge >= 0.3 is 6.18 Å². The smallest absolute Gasteiger partial charge is 0.347 e.